The van der Waals surface area contributed by atoms with Gasteiger partial charge in [0.05, 0.1) is 6.04 Å². The summed E-state index contributed by atoms with van der Waals surface area (Å²) in [4.78, 5) is 14.2. The summed E-state index contributed by atoms with van der Waals surface area (Å²) < 4.78 is 26.2. The zero-order chi connectivity index (χ0) is 16.3. The number of carbonyl (C=O) groups excluding carboxylic acids is 1. The van der Waals surface area contributed by atoms with Gasteiger partial charge in [-0.1, -0.05) is 12.1 Å². The van der Waals surface area contributed by atoms with Crippen LogP contribution < -0.4 is 10.2 Å². The Morgan fingerprint density at radius 2 is 1.82 bits per heavy atom. The Hall–Kier alpha value is -2.43. The number of carbonyl (C=O) groups is 1. The Bertz CT molecular complexity index is 686. The summed E-state index contributed by atoms with van der Waals surface area (Å²) in [6.07, 6.45) is 0. The second-order valence-electron chi connectivity index (χ2n) is 5.31. The minimum atomic E-state index is -0.923. The van der Waals surface area contributed by atoms with E-state index in [1.807, 2.05) is 25.1 Å². The van der Waals surface area contributed by atoms with Crippen molar-refractivity contribution in [3.8, 4) is 0 Å². The summed E-state index contributed by atoms with van der Waals surface area (Å²) in [5.74, 6) is -2.09. The molecule has 1 unspecified atom stereocenters. The summed E-state index contributed by atoms with van der Waals surface area (Å²) in [6.45, 7) is 1.72. The maximum Gasteiger partial charge on any atom is 0.251 e. The van der Waals surface area contributed by atoms with Crippen LogP contribution in [0.15, 0.2) is 42.5 Å². The zero-order valence-electron chi connectivity index (χ0n) is 12.7. The molecule has 2 rings (SSSR count). The average molecular weight is 304 g/mol. The van der Waals surface area contributed by atoms with E-state index in [1.165, 1.54) is 6.07 Å². The Morgan fingerprint density at radius 1 is 1.09 bits per heavy atom. The fourth-order valence-corrected chi connectivity index (χ4v) is 2.07. The minimum Gasteiger partial charge on any atom is -0.378 e. The topological polar surface area (TPSA) is 32.3 Å². The van der Waals surface area contributed by atoms with E-state index in [0.717, 1.165) is 17.8 Å². The molecule has 116 valence electrons. The number of hydrogen-bond donors (Lipinski definition) is 1. The number of benzene rings is 2. The number of anilines is 1. The molecule has 22 heavy (non-hydrogen) atoms. The number of nitrogens with zero attached hydrogens (tertiary/aromatic N) is 1. The van der Waals surface area contributed by atoms with Crippen LogP contribution in [0.2, 0.25) is 0 Å². The molecule has 1 atom stereocenters. The predicted octanol–water partition coefficient (Wildman–Crippen LogP) is 3.52. The van der Waals surface area contributed by atoms with Gasteiger partial charge in [-0.2, -0.15) is 0 Å². The number of amides is 1. The van der Waals surface area contributed by atoms with Gasteiger partial charge in [0, 0.05) is 25.3 Å². The molecule has 2 aromatic rings. The maximum atomic E-state index is 13.2. The molecule has 0 spiro atoms. The maximum absolute atomic E-state index is 13.2. The van der Waals surface area contributed by atoms with Crippen LogP contribution in [0.3, 0.4) is 0 Å². The van der Waals surface area contributed by atoms with Crippen LogP contribution in [-0.4, -0.2) is 20.0 Å². The molecular weight excluding hydrogens is 286 g/mol. The van der Waals surface area contributed by atoms with Gasteiger partial charge >= 0.3 is 0 Å². The van der Waals surface area contributed by atoms with Gasteiger partial charge in [0.25, 0.3) is 5.91 Å². The largest absolute Gasteiger partial charge is 0.378 e. The number of halogens is 2. The normalized spacial score (nSPS) is 11.9. The van der Waals surface area contributed by atoms with Crippen molar-refractivity contribution in [2.24, 2.45) is 0 Å². The number of hydrogen-bond acceptors (Lipinski definition) is 2. The quantitative estimate of drug-likeness (QED) is 0.937. The summed E-state index contributed by atoms with van der Waals surface area (Å²) in [7, 11) is 3.78. The molecule has 3 nitrogen and oxygen atoms in total. The van der Waals surface area contributed by atoms with Crippen molar-refractivity contribution in [2.45, 2.75) is 13.0 Å². The van der Waals surface area contributed by atoms with Crippen LogP contribution in [0.4, 0.5) is 14.5 Å². The molecule has 0 aliphatic carbocycles. The van der Waals surface area contributed by atoms with E-state index in [1.54, 1.807) is 25.1 Å². The third-order valence-electron chi connectivity index (χ3n) is 3.42. The Kier molecular flexibility index (Phi) is 4.75. The molecule has 1 amide bonds. The highest BCUT2D eigenvalue weighted by atomic mass is 19.2. The molecule has 0 saturated carbocycles. The second-order valence-corrected chi connectivity index (χ2v) is 5.31. The van der Waals surface area contributed by atoms with Crippen LogP contribution in [-0.2, 0) is 0 Å². The summed E-state index contributed by atoms with van der Waals surface area (Å²) >= 11 is 0. The lowest BCUT2D eigenvalue weighted by Gasteiger charge is -2.16. The SMILES string of the molecule is CC(NC(=O)c1cccc(N(C)C)c1)c1ccc(F)c(F)c1. The van der Waals surface area contributed by atoms with Crippen molar-refractivity contribution in [3.05, 3.63) is 65.2 Å². The molecule has 1 N–H and O–H groups in total. The Balaban J connectivity index is 2.14. The first-order valence-corrected chi connectivity index (χ1v) is 6.91. The van der Waals surface area contributed by atoms with E-state index in [0.29, 0.717) is 11.1 Å². The molecular formula is C17H18F2N2O. The van der Waals surface area contributed by atoms with Crippen LogP contribution in [0, 0.1) is 11.6 Å². The first-order valence-electron chi connectivity index (χ1n) is 6.91. The van der Waals surface area contributed by atoms with Gasteiger partial charge < -0.3 is 10.2 Å². The fourth-order valence-electron chi connectivity index (χ4n) is 2.07. The monoisotopic (exact) mass is 304 g/mol. The summed E-state index contributed by atoms with van der Waals surface area (Å²) in [5, 5.41) is 2.78. The van der Waals surface area contributed by atoms with Crippen molar-refractivity contribution in [1.82, 2.24) is 5.32 Å². The molecule has 0 heterocycles. The lowest BCUT2D eigenvalue weighted by atomic mass is 10.1. The first kappa shape index (κ1) is 15.9. The van der Waals surface area contributed by atoms with Crippen LogP contribution in [0.1, 0.15) is 28.9 Å². The van der Waals surface area contributed by atoms with Crippen LogP contribution in [0.25, 0.3) is 0 Å². The zero-order valence-corrected chi connectivity index (χ0v) is 12.7. The highest BCUT2D eigenvalue weighted by Gasteiger charge is 2.14. The smallest absolute Gasteiger partial charge is 0.251 e. The number of nitrogens with one attached hydrogen (secondary N) is 1. The summed E-state index contributed by atoms with van der Waals surface area (Å²) in [5.41, 5.74) is 1.93. The molecule has 0 aliphatic rings. The minimum absolute atomic E-state index is 0.263. The van der Waals surface area contributed by atoms with E-state index in [4.69, 9.17) is 0 Å². The van der Waals surface area contributed by atoms with Crippen molar-refractivity contribution >= 4 is 11.6 Å². The van der Waals surface area contributed by atoms with E-state index >= 15 is 0 Å². The number of rotatable bonds is 4. The van der Waals surface area contributed by atoms with E-state index < -0.39 is 17.7 Å². The van der Waals surface area contributed by atoms with Gasteiger partial charge in [-0.3, -0.25) is 4.79 Å². The summed E-state index contributed by atoms with van der Waals surface area (Å²) in [6, 6.07) is 10.4. The van der Waals surface area contributed by atoms with Gasteiger partial charge in [-0.05, 0) is 42.8 Å². The van der Waals surface area contributed by atoms with Crippen LogP contribution >= 0.6 is 0 Å². The second kappa shape index (κ2) is 6.56. The first-order chi connectivity index (χ1) is 10.4. The molecule has 0 fully saturated rings. The van der Waals surface area contributed by atoms with Gasteiger partial charge in [0.2, 0.25) is 0 Å². The van der Waals surface area contributed by atoms with Crippen molar-refractivity contribution in [2.75, 3.05) is 19.0 Å². The lowest BCUT2D eigenvalue weighted by Crippen LogP contribution is -2.27. The molecule has 0 aliphatic heterocycles. The van der Waals surface area contributed by atoms with Gasteiger partial charge in [-0.25, -0.2) is 8.78 Å². The highest BCUT2D eigenvalue weighted by Crippen LogP contribution is 2.18. The fraction of sp³-hybridized carbons (Fsp3) is 0.235. The third kappa shape index (κ3) is 3.61. The van der Waals surface area contributed by atoms with Crippen molar-refractivity contribution in [1.29, 1.82) is 0 Å². The standard InChI is InChI=1S/C17H18F2N2O/c1-11(12-7-8-15(18)16(19)10-12)20-17(22)13-5-4-6-14(9-13)21(2)3/h4-11H,1-3H3,(H,20,22). The van der Waals surface area contributed by atoms with Gasteiger partial charge in [-0.15, -0.1) is 0 Å². The van der Waals surface area contributed by atoms with Gasteiger partial charge in [0.1, 0.15) is 0 Å². The van der Waals surface area contributed by atoms with E-state index in [9.17, 15) is 13.6 Å². The highest BCUT2D eigenvalue weighted by molar-refractivity contribution is 5.95. The predicted molar refractivity (Wildman–Crippen MR) is 83.0 cm³/mol. The van der Waals surface area contributed by atoms with Gasteiger partial charge in [0.15, 0.2) is 11.6 Å². The average Bonchev–Trinajstić information content (AvgIpc) is 2.50. The molecule has 0 radical (unpaired) electrons. The lowest BCUT2D eigenvalue weighted by molar-refractivity contribution is 0.0940. The Labute approximate surface area is 128 Å². The third-order valence-corrected chi connectivity index (χ3v) is 3.42. The molecule has 0 bridgehead atoms. The molecule has 0 aromatic heterocycles. The van der Waals surface area contributed by atoms with Crippen molar-refractivity contribution in [3.63, 3.8) is 0 Å². The van der Waals surface area contributed by atoms with Crippen LogP contribution in [0.5, 0.6) is 0 Å². The van der Waals surface area contributed by atoms with E-state index in [2.05, 4.69) is 5.32 Å². The van der Waals surface area contributed by atoms with E-state index in [-0.39, 0.29) is 5.91 Å². The molecule has 2 aromatic carbocycles. The van der Waals surface area contributed by atoms with Crippen molar-refractivity contribution < 1.29 is 13.6 Å². The molecule has 0 saturated heterocycles. The Morgan fingerprint density at radius 3 is 2.45 bits per heavy atom. The molecule has 5 heteroatoms.